The molecule has 0 amide bonds. The molecule has 0 saturated heterocycles. The third kappa shape index (κ3) is 2.88. The molecule has 2 rings (SSSR count). The Morgan fingerprint density at radius 1 is 1.00 bits per heavy atom. The first-order valence-corrected chi connectivity index (χ1v) is 5.70. The molecule has 18 heavy (non-hydrogen) atoms. The van der Waals surface area contributed by atoms with Crippen molar-refractivity contribution >= 4 is 23.5 Å². The Labute approximate surface area is 106 Å². The molecule has 0 spiro atoms. The third-order valence-electron chi connectivity index (χ3n) is 2.69. The average Bonchev–Trinajstić information content (AvgIpc) is 2.41. The van der Waals surface area contributed by atoms with E-state index in [0.717, 1.165) is 16.8 Å². The fraction of sp³-hybridized carbons (Fsp3) is 0.0667. The van der Waals surface area contributed by atoms with Gasteiger partial charge in [0.15, 0.2) is 0 Å². The van der Waals surface area contributed by atoms with Crippen molar-refractivity contribution in [1.29, 1.82) is 0 Å². The smallest absolute Gasteiger partial charge is 0.146 e. The third-order valence-corrected chi connectivity index (χ3v) is 2.69. The molecule has 0 aromatic heterocycles. The molecule has 2 nitrogen and oxygen atoms in total. The van der Waals surface area contributed by atoms with Gasteiger partial charge in [-0.2, -0.15) is 0 Å². The first-order valence-electron chi connectivity index (χ1n) is 5.70. The summed E-state index contributed by atoms with van der Waals surface area (Å²) in [5, 5.41) is 3.05. The van der Waals surface area contributed by atoms with Gasteiger partial charge in [-0.25, -0.2) is 4.39 Å². The fourth-order valence-electron chi connectivity index (χ4n) is 1.60. The second-order valence-electron chi connectivity index (χ2n) is 3.99. The normalized spacial score (nSPS) is 10.8. The van der Waals surface area contributed by atoms with Crippen LogP contribution in [-0.2, 0) is 0 Å². The molecule has 0 aliphatic rings. The SMILES string of the molecule is CNc1ccc(/C=C/c2ccc(N)c(F)c2)cc1. The van der Waals surface area contributed by atoms with E-state index in [1.807, 2.05) is 43.5 Å². The number of nitrogens with two attached hydrogens (primary N) is 1. The van der Waals surface area contributed by atoms with E-state index in [4.69, 9.17) is 5.73 Å². The zero-order valence-electron chi connectivity index (χ0n) is 10.2. The topological polar surface area (TPSA) is 38.0 Å². The van der Waals surface area contributed by atoms with Crippen molar-refractivity contribution in [1.82, 2.24) is 0 Å². The van der Waals surface area contributed by atoms with E-state index < -0.39 is 0 Å². The number of anilines is 2. The monoisotopic (exact) mass is 242 g/mol. The average molecular weight is 242 g/mol. The van der Waals surface area contributed by atoms with Crippen LogP contribution in [0.4, 0.5) is 15.8 Å². The minimum Gasteiger partial charge on any atom is -0.396 e. The van der Waals surface area contributed by atoms with Crippen LogP contribution in [-0.4, -0.2) is 7.05 Å². The highest BCUT2D eigenvalue weighted by atomic mass is 19.1. The van der Waals surface area contributed by atoms with Crippen LogP contribution in [0.25, 0.3) is 12.2 Å². The largest absolute Gasteiger partial charge is 0.396 e. The summed E-state index contributed by atoms with van der Waals surface area (Å²) in [6.45, 7) is 0. The summed E-state index contributed by atoms with van der Waals surface area (Å²) in [7, 11) is 1.88. The quantitative estimate of drug-likeness (QED) is 0.637. The van der Waals surface area contributed by atoms with Crippen molar-refractivity contribution in [3.8, 4) is 0 Å². The number of hydrogen-bond donors (Lipinski definition) is 2. The van der Waals surface area contributed by atoms with E-state index in [0.29, 0.717) is 0 Å². The molecule has 0 heterocycles. The number of rotatable bonds is 3. The van der Waals surface area contributed by atoms with Crippen molar-refractivity contribution in [2.24, 2.45) is 0 Å². The van der Waals surface area contributed by atoms with Gasteiger partial charge in [-0.05, 0) is 35.4 Å². The Bertz CT molecular complexity index is 559. The predicted molar refractivity (Wildman–Crippen MR) is 75.7 cm³/mol. The minimum absolute atomic E-state index is 0.172. The van der Waals surface area contributed by atoms with Crippen LogP contribution in [0.3, 0.4) is 0 Å². The van der Waals surface area contributed by atoms with Crippen LogP contribution in [0.2, 0.25) is 0 Å². The van der Waals surface area contributed by atoms with Gasteiger partial charge >= 0.3 is 0 Å². The van der Waals surface area contributed by atoms with Gasteiger partial charge in [0.25, 0.3) is 0 Å². The molecule has 0 fully saturated rings. The van der Waals surface area contributed by atoms with Crippen molar-refractivity contribution < 1.29 is 4.39 Å². The van der Waals surface area contributed by atoms with Gasteiger partial charge in [0, 0.05) is 12.7 Å². The Kier molecular flexibility index (Phi) is 3.63. The van der Waals surface area contributed by atoms with Crippen molar-refractivity contribution in [3.63, 3.8) is 0 Å². The van der Waals surface area contributed by atoms with Crippen molar-refractivity contribution in [3.05, 3.63) is 59.4 Å². The standard InChI is InChI=1S/C15H15FN2/c1-18-13-7-4-11(5-8-13)2-3-12-6-9-15(17)14(16)10-12/h2-10,18H,17H2,1H3/b3-2+. The number of benzene rings is 2. The summed E-state index contributed by atoms with van der Waals surface area (Å²) in [4.78, 5) is 0. The minimum atomic E-state index is -0.386. The Hall–Kier alpha value is -2.29. The summed E-state index contributed by atoms with van der Waals surface area (Å²) in [5.74, 6) is -0.386. The second kappa shape index (κ2) is 5.36. The molecule has 92 valence electrons. The van der Waals surface area contributed by atoms with E-state index in [2.05, 4.69) is 5.32 Å². The van der Waals surface area contributed by atoms with Crippen LogP contribution >= 0.6 is 0 Å². The zero-order chi connectivity index (χ0) is 13.0. The van der Waals surface area contributed by atoms with Gasteiger partial charge in [0.05, 0.1) is 5.69 Å². The molecule has 0 atom stereocenters. The van der Waals surface area contributed by atoms with E-state index in [9.17, 15) is 4.39 Å². The lowest BCUT2D eigenvalue weighted by molar-refractivity contribution is 0.632. The molecule has 2 aromatic carbocycles. The predicted octanol–water partition coefficient (Wildman–Crippen LogP) is 3.62. The molecule has 0 bridgehead atoms. The van der Waals surface area contributed by atoms with Crippen LogP contribution in [0, 0.1) is 5.82 Å². The van der Waals surface area contributed by atoms with Crippen LogP contribution in [0.15, 0.2) is 42.5 Å². The number of halogens is 1. The summed E-state index contributed by atoms with van der Waals surface area (Å²) in [6.07, 6.45) is 3.79. The zero-order valence-corrected chi connectivity index (χ0v) is 10.2. The number of nitrogen functional groups attached to an aromatic ring is 1. The maximum absolute atomic E-state index is 13.2. The van der Waals surface area contributed by atoms with Crippen molar-refractivity contribution in [2.75, 3.05) is 18.1 Å². The summed E-state index contributed by atoms with van der Waals surface area (Å²) < 4.78 is 13.2. The molecule has 0 unspecified atom stereocenters. The van der Waals surface area contributed by atoms with Gasteiger partial charge in [0.1, 0.15) is 5.82 Å². The maximum Gasteiger partial charge on any atom is 0.146 e. The van der Waals surface area contributed by atoms with Crippen LogP contribution in [0.1, 0.15) is 11.1 Å². The molecular formula is C15H15FN2. The molecule has 0 aliphatic carbocycles. The van der Waals surface area contributed by atoms with Gasteiger partial charge in [-0.15, -0.1) is 0 Å². The lowest BCUT2D eigenvalue weighted by atomic mass is 10.1. The summed E-state index contributed by atoms with van der Waals surface area (Å²) in [6, 6.07) is 12.8. The molecule has 3 heteroatoms. The maximum atomic E-state index is 13.2. The lowest BCUT2D eigenvalue weighted by Crippen LogP contribution is -1.89. The summed E-state index contributed by atoms with van der Waals surface area (Å²) >= 11 is 0. The molecular weight excluding hydrogens is 227 g/mol. The van der Waals surface area contributed by atoms with E-state index in [1.54, 1.807) is 12.1 Å². The van der Waals surface area contributed by atoms with Crippen LogP contribution < -0.4 is 11.1 Å². The molecule has 2 aromatic rings. The highest BCUT2D eigenvalue weighted by Gasteiger charge is 1.97. The van der Waals surface area contributed by atoms with Crippen molar-refractivity contribution in [2.45, 2.75) is 0 Å². The van der Waals surface area contributed by atoms with Gasteiger partial charge < -0.3 is 11.1 Å². The Balaban J connectivity index is 2.16. The molecule has 0 saturated carbocycles. The number of nitrogens with one attached hydrogen (secondary N) is 1. The van der Waals surface area contributed by atoms with Gasteiger partial charge in [0.2, 0.25) is 0 Å². The second-order valence-corrected chi connectivity index (χ2v) is 3.99. The Morgan fingerprint density at radius 2 is 1.61 bits per heavy atom. The number of hydrogen-bond acceptors (Lipinski definition) is 2. The van der Waals surface area contributed by atoms with Gasteiger partial charge in [-0.1, -0.05) is 30.4 Å². The van der Waals surface area contributed by atoms with E-state index in [1.165, 1.54) is 6.07 Å². The first-order chi connectivity index (χ1) is 8.69. The lowest BCUT2D eigenvalue weighted by Gasteiger charge is -2.00. The van der Waals surface area contributed by atoms with Crippen LogP contribution in [0.5, 0.6) is 0 Å². The summed E-state index contributed by atoms with van der Waals surface area (Å²) in [5.41, 5.74) is 8.51. The molecule has 3 N–H and O–H groups in total. The fourth-order valence-corrected chi connectivity index (χ4v) is 1.60. The highest BCUT2D eigenvalue weighted by molar-refractivity contribution is 5.71. The van der Waals surface area contributed by atoms with E-state index >= 15 is 0 Å². The Morgan fingerprint density at radius 3 is 2.22 bits per heavy atom. The molecule has 0 aliphatic heterocycles. The van der Waals surface area contributed by atoms with Gasteiger partial charge in [-0.3, -0.25) is 0 Å². The highest BCUT2D eigenvalue weighted by Crippen LogP contribution is 2.15. The van der Waals surface area contributed by atoms with E-state index in [-0.39, 0.29) is 11.5 Å². The first kappa shape index (κ1) is 12.2. The molecule has 0 radical (unpaired) electrons.